The van der Waals surface area contributed by atoms with E-state index in [1.807, 2.05) is 12.1 Å². The van der Waals surface area contributed by atoms with E-state index in [-0.39, 0.29) is 24.1 Å². The standard InChI is InChI=1S/C26H31F3N4O4/c1-36-22-7-5-20(6-8-22)32-13-10-21(11-14-32)33-12-9-19(17-33)31-24(34)16-30-25(35)18-3-2-4-23(15-18)37-26(27,28)29/h2-8,15,19,21H,9-14,16-17H2,1H3,(H,30,35)(H,31,34)/t19-/m1/s1. The van der Waals surface area contributed by atoms with Crippen LogP contribution in [0.3, 0.4) is 0 Å². The minimum Gasteiger partial charge on any atom is -0.497 e. The largest absolute Gasteiger partial charge is 0.573 e. The Kier molecular flexibility index (Phi) is 8.42. The Labute approximate surface area is 213 Å². The van der Waals surface area contributed by atoms with Crippen molar-refractivity contribution in [2.24, 2.45) is 0 Å². The van der Waals surface area contributed by atoms with Crippen LogP contribution in [0.5, 0.6) is 11.5 Å². The molecule has 200 valence electrons. The van der Waals surface area contributed by atoms with Crippen LogP contribution in [0.15, 0.2) is 48.5 Å². The van der Waals surface area contributed by atoms with Gasteiger partial charge in [0.05, 0.1) is 13.7 Å². The zero-order chi connectivity index (χ0) is 26.4. The maximum absolute atomic E-state index is 12.4. The number of ether oxygens (including phenoxy) is 2. The van der Waals surface area contributed by atoms with Gasteiger partial charge in [-0.1, -0.05) is 6.07 Å². The topological polar surface area (TPSA) is 83.1 Å². The summed E-state index contributed by atoms with van der Waals surface area (Å²) in [6, 6.07) is 13.3. The Balaban J connectivity index is 1.18. The number of methoxy groups -OCH3 is 1. The Morgan fingerprint density at radius 2 is 1.73 bits per heavy atom. The summed E-state index contributed by atoms with van der Waals surface area (Å²) in [6.45, 7) is 3.32. The predicted molar refractivity (Wildman–Crippen MR) is 132 cm³/mol. The van der Waals surface area contributed by atoms with Crippen molar-refractivity contribution in [2.45, 2.75) is 37.7 Å². The molecule has 2 fully saturated rings. The van der Waals surface area contributed by atoms with Crippen molar-refractivity contribution in [2.75, 3.05) is 44.7 Å². The predicted octanol–water partition coefficient (Wildman–Crippen LogP) is 3.18. The number of hydrogen-bond donors (Lipinski definition) is 2. The molecule has 2 heterocycles. The molecule has 0 aliphatic carbocycles. The molecule has 2 saturated heterocycles. The zero-order valence-electron chi connectivity index (χ0n) is 20.6. The van der Waals surface area contributed by atoms with Crippen LogP contribution in [-0.2, 0) is 4.79 Å². The number of alkyl halides is 3. The molecule has 0 unspecified atom stereocenters. The van der Waals surface area contributed by atoms with Crippen molar-refractivity contribution in [1.82, 2.24) is 15.5 Å². The van der Waals surface area contributed by atoms with E-state index in [0.717, 1.165) is 63.3 Å². The highest BCUT2D eigenvalue weighted by atomic mass is 19.4. The molecule has 4 rings (SSSR count). The highest BCUT2D eigenvalue weighted by Gasteiger charge is 2.32. The molecule has 2 aliphatic rings. The Morgan fingerprint density at radius 3 is 2.41 bits per heavy atom. The second-order valence-electron chi connectivity index (χ2n) is 9.22. The van der Waals surface area contributed by atoms with Crippen molar-refractivity contribution < 1.29 is 32.2 Å². The normalized spacial score (nSPS) is 18.9. The molecule has 8 nitrogen and oxygen atoms in total. The number of benzene rings is 2. The van der Waals surface area contributed by atoms with E-state index in [1.165, 1.54) is 17.8 Å². The second kappa shape index (κ2) is 11.7. The minimum absolute atomic E-state index is 0.00691. The number of rotatable bonds is 8. The average Bonchev–Trinajstić information content (AvgIpc) is 3.35. The lowest BCUT2D eigenvalue weighted by Crippen LogP contribution is -2.46. The van der Waals surface area contributed by atoms with Crippen molar-refractivity contribution in [3.05, 3.63) is 54.1 Å². The third-order valence-electron chi connectivity index (χ3n) is 6.74. The SMILES string of the molecule is COc1ccc(N2CCC(N3CC[C@@H](NC(=O)CNC(=O)c4cccc(OC(F)(F)F)c4)C3)CC2)cc1. The van der Waals surface area contributed by atoms with Crippen LogP contribution in [0, 0.1) is 0 Å². The number of amides is 2. The summed E-state index contributed by atoms with van der Waals surface area (Å²) in [5.41, 5.74) is 1.16. The number of likely N-dealkylation sites (tertiary alicyclic amines) is 1. The summed E-state index contributed by atoms with van der Waals surface area (Å²) in [6.07, 6.45) is -1.94. The molecule has 2 amide bonds. The van der Waals surface area contributed by atoms with Gasteiger partial charge in [-0.3, -0.25) is 14.5 Å². The number of nitrogens with one attached hydrogen (secondary N) is 2. The van der Waals surface area contributed by atoms with Crippen LogP contribution in [0.2, 0.25) is 0 Å². The van der Waals surface area contributed by atoms with Crippen molar-refractivity contribution in [3.63, 3.8) is 0 Å². The van der Waals surface area contributed by atoms with Gasteiger partial charge < -0.3 is 25.0 Å². The van der Waals surface area contributed by atoms with Crippen molar-refractivity contribution >= 4 is 17.5 Å². The number of anilines is 1. The van der Waals surface area contributed by atoms with Gasteiger partial charge in [0.25, 0.3) is 5.91 Å². The Morgan fingerprint density at radius 1 is 1.00 bits per heavy atom. The first kappa shape index (κ1) is 26.6. The molecule has 0 radical (unpaired) electrons. The van der Waals surface area contributed by atoms with Crippen LogP contribution in [0.4, 0.5) is 18.9 Å². The molecule has 0 saturated carbocycles. The molecule has 0 spiro atoms. The molecule has 2 aliphatic heterocycles. The van der Waals surface area contributed by atoms with Gasteiger partial charge in [-0.25, -0.2) is 0 Å². The van der Waals surface area contributed by atoms with Gasteiger partial charge in [-0.2, -0.15) is 0 Å². The van der Waals surface area contributed by atoms with Gasteiger partial charge in [-0.15, -0.1) is 13.2 Å². The first-order valence-electron chi connectivity index (χ1n) is 12.3. The van der Waals surface area contributed by atoms with Gasteiger partial charge in [0.1, 0.15) is 11.5 Å². The third kappa shape index (κ3) is 7.51. The second-order valence-corrected chi connectivity index (χ2v) is 9.22. The maximum Gasteiger partial charge on any atom is 0.573 e. The van der Waals surface area contributed by atoms with E-state index < -0.39 is 18.0 Å². The summed E-state index contributed by atoms with van der Waals surface area (Å²) < 4.78 is 46.2. The van der Waals surface area contributed by atoms with E-state index in [1.54, 1.807) is 7.11 Å². The van der Waals surface area contributed by atoms with Crippen LogP contribution >= 0.6 is 0 Å². The van der Waals surface area contributed by atoms with Crippen LogP contribution < -0.4 is 25.0 Å². The molecular formula is C26H31F3N4O4. The molecule has 2 N–H and O–H groups in total. The van der Waals surface area contributed by atoms with Crippen LogP contribution in [-0.4, -0.2) is 75.0 Å². The molecule has 11 heteroatoms. The van der Waals surface area contributed by atoms with Gasteiger partial charge in [0.15, 0.2) is 0 Å². The van der Waals surface area contributed by atoms with Gasteiger partial charge in [-0.05, 0) is 61.7 Å². The van der Waals surface area contributed by atoms with Gasteiger partial charge in [0, 0.05) is 49.5 Å². The first-order chi connectivity index (χ1) is 17.7. The molecule has 0 bridgehead atoms. The van der Waals surface area contributed by atoms with E-state index >= 15 is 0 Å². The lowest BCUT2D eigenvalue weighted by atomic mass is 10.0. The minimum atomic E-state index is -4.85. The van der Waals surface area contributed by atoms with E-state index in [9.17, 15) is 22.8 Å². The highest BCUT2D eigenvalue weighted by molar-refractivity contribution is 5.96. The summed E-state index contributed by atoms with van der Waals surface area (Å²) in [4.78, 5) is 29.5. The fourth-order valence-corrected chi connectivity index (χ4v) is 4.89. The van der Waals surface area contributed by atoms with Crippen molar-refractivity contribution in [3.8, 4) is 11.5 Å². The summed E-state index contributed by atoms with van der Waals surface area (Å²) in [5, 5.41) is 5.40. The smallest absolute Gasteiger partial charge is 0.497 e. The molecule has 0 aromatic heterocycles. The van der Waals surface area contributed by atoms with E-state index in [4.69, 9.17) is 4.74 Å². The van der Waals surface area contributed by atoms with E-state index in [2.05, 4.69) is 37.3 Å². The summed E-state index contributed by atoms with van der Waals surface area (Å²) in [5.74, 6) is -0.643. The summed E-state index contributed by atoms with van der Waals surface area (Å²) >= 11 is 0. The van der Waals surface area contributed by atoms with Crippen LogP contribution in [0.1, 0.15) is 29.6 Å². The summed E-state index contributed by atoms with van der Waals surface area (Å²) in [7, 11) is 1.66. The molecule has 2 aromatic carbocycles. The number of halogens is 3. The Bertz CT molecular complexity index is 1070. The average molecular weight is 521 g/mol. The quantitative estimate of drug-likeness (QED) is 0.557. The Hall–Kier alpha value is -3.47. The van der Waals surface area contributed by atoms with Crippen LogP contribution in [0.25, 0.3) is 0 Å². The maximum atomic E-state index is 12.4. The number of hydrogen-bond acceptors (Lipinski definition) is 6. The lowest BCUT2D eigenvalue weighted by molar-refractivity contribution is -0.274. The number of carbonyl (C=O) groups excluding carboxylic acids is 2. The molecule has 37 heavy (non-hydrogen) atoms. The third-order valence-corrected chi connectivity index (χ3v) is 6.74. The molecule has 1 atom stereocenters. The fourth-order valence-electron chi connectivity index (χ4n) is 4.89. The monoisotopic (exact) mass is 520 g/mol. The number of nitrogens with zero attached hydrogens (tertiary/aromatic N) is 2. The molecular weight excluding hydrogens is 489 g/mol. The fraction of sp³-hybridized carbons (Fsp3) is 0.462. The van der Waals surface area contributed by atoms with Gasteiger partial charge in [0.2, 0.25) is 5.91 Å². The zero-order valence-corrected chi connectivity index (χ0v) is 20.6. The number of carbonyl (C=O) groups is 2. The lowest BCUT2D eigenvalue weighted by Gasteiger charge is -2.38. The van der Waals surface area contributed by atoms with Crippen molar-refractivity contribution in [1.29, 1.82) is 0 Å². The van der Waals surface area contributed by atoms with Gasteiger partial charge >= 0.3 is 6.36 Å². The molecule has 2 aromatic rings. The first-order valence-corrected chi connectivity index (χ1v) is 12.3. The highest BCUT2D eigenvalue weighted by Crippen LogP contribution is 2.27. The van der Waals surface area contributed by atoms with E-state index in [0.29, 0.717) is 6.04 Å². The number of piperidine rings is 1.